The first-order chi connectivity index (χ1) is 8.84. The van der Waals surface area contributed by atoms with E-state index < -0.39 is 0 Å². The molecule has 1 unspecified atom stereocenters. The van der Waals surface area contributed by atoms with Gasteiger partial charge in [0.05, 0.1) is 12.7 Å². The molecule has 1 aliphatic heterocycles. The monoisotopic (exact) mass is 246 g/mol. The van der Waals surface area contributed by atoms with Gasteiger partial charge < -0.3 is 4.74 Å². The van der Waals surface area contributed by atoms with E-state index in [1.54, 1.807) is 0 Å². The van der Waals surface area contributed by atoms with Crippen LogP contribution in [0.4, 0.5) is 0 Å². The molecule has 1 atom stereocenters. The van der Waals surface area contributed by atoms with Gasteiger partial charge in [0.25, 0.3) is 0 Å². The number of aryl methyl sites for hydroxylation is 1. The topological polar surface area (TPSA) is 29.6 Å². The molecule has 0 bridgehead atoms. The first kappa shape index (κ1) is 13.3. The fraction of sp³-hybridized carbons (Fsp3) is 0.562. The summed E-state index contributed by atoms with van der Waals surface area (Å²) in [5.74, 6) is 0.376. The maximum atomic E-state index is 11.5. The Morgan fingerprint density at radius 1 is 1.11 bits per heavy atom. The molecule has 1 aromatic carbocycles. The Balaban J connectivity index is 1.45. The van der Waals surface area contributed by atoms with Crippen molar-refractivity contribution in [2.24, 2.45) is 0 Å². The molecule has 0 aromatic heterocycles. The molecule has 1 fully saturated rings. The second-order valence-corrected chi connectivity index (χ2v) is 5.10. The average Bonchev–Trinajstić information content (AvgIpc) is 3.19. The minimum absolute atomic E-state index is 0.260. The summed E-state index contributed by atoms with van der Waals surface area (Å²) in [7, 11) is 0. The van der Waals surface area contributed by atoms with Gasteiger partial charge in [0.2, 0.25) is 0 Å². The lowest BCUT2D eigenvalue weighted by Gasteiger charge is -2.02. The third-order valence-electron chi connectivity index (χ3n) is 3.37. The highest BCUT2D eigenvalue weighted by molar-refractivity contribution is 5.79. The number of rotatable bonds is 9. The molecule has 18 heavy (non-hydrogen) atoms. The van der Waals surface area contributed by atoms with E-state index in [1.807, 2.05) is 0 Å². The summed E-state index contributed by atoms with van der Waals surface area (Å²) in [6, 6.07) is 10.6. The zero-order valence-corrected chi connectivity index (χ0v) is 10.9. The van der Waals surface area contributed by atoms with Crippen molar-refractivity contribution < 1.29 is 9.53 Å². The second-order valence-electron chi connectivity index (χ2n) is 5.10. The smallest absolute Gasteiger partial charge is 0.135 e. The molecule has 0 spiro atoms. The lowest BCUT2D eigenvalue weighted by atomic mass is 10.0. The molecule has 2 rings (SSSR count). The van der Waals surface area contributed by atoms with Crippen LogP contribution in [0.2, 0.25) is 0 Å². The van der Waals surface area contributed by atoms with E-state index in [1.165, 1.54) is 24.8 Å². The van der Waals surface area contributed by atoms with Crippen LogP contribution in [0.5, 0.6) is 0 Å². The van der Waals surface area contributed by atoms with E-state index in [4.69, 9.17) is 4.74 Å². The maximum absolute atomic E-state index is 11.5. The first-order valence-electron chi connectivity index (χ1n) is 7.02. The van der Waals surface area contributed by atoms with E-state index in [2.05, 4.69) is 30.3 Å². The maximum Gasteiger partial charge on any atom is 0.135 e. The van der Waals surface area contributed by atoms with Crippen LogP contribution < -0.4 is 0 Å². The third-order valence-corrected chi connectivity index (χ3v) is 3.37. The van der Waals surface area contributed by atoms with Crippen molar-refractivity contribution in [3.8, 4) is 0 Å². The van der Waals surface area contributed by atoms with E-state index in [-0.39, 0.29) is 6.10 Å². The Morgan fingerprint density at radius 3 is 2.56 bits per heavy atom. The SMILES string of the molecule is O=C(CCCCCCc1ccccc1)CC1CO1. The summed E-state index contributed by atoms with van der Waals surface area (Å²) >= 11 is 0. The lowest BCUT2D eigenvalue weighted by Crippen LogP contribution is -2.01. The van der Waals surface area contributed by atoms with Crippen LogP contribution in [0.1, 0.15) is 44.1 Å². The fourth-order valence-electron chi connectivity index (χ4n) is 2.19. The Labute approximate surface area is 109 Å². The zero-order chi connectivity index (χ0) is 12.6. The molecule has 0 aliphatic carbocycles. The van der Waals surface area contributed by atoms with Crippen molar-refractivity contribution in [3.05, 3.63) is 35.9 Å². The number of carbonyl (C=O) groups excluding carboxylic acids is 1. The number of benzene rings is 1. The van der Waals surface area contributed by atoms with Gasteiger partial charge in [0.15, 0.2) is 0 Å². The Morgan fingerprint density at radius 2 is 1.83 bits per heavy atom. The number of hydrogen-bond donors (Lipinski definition) is 0. The van der Waals surface area contributed by atoms with Crippen LogP contribution in [0.15, 0.2) is 30.3 Å². The number of epoxide rings is 1. The molecule has 0 N–H and O–H groups in total. The number of unbranched alkanes of at least 4 members (excludes halogenated alkanes) is 3. The predicted octanol–water partition coefficient (Wildman–Crippen LogP) is 3.54. The largest absolute Gasteiger partial charge is 0.373 e. The van der Waals surface area contributed by atoms with Gasteiger partial charge in [0.1, 0.15) is 5.78 Å². The quantitative estimate of drug-likeness (QED) is 0.492. The lowest BCUT2D eigenvalue weighted by molar-refractivity contribution is -0.119. The van der Waals surface area contributed by atoms with E-state index in [0.29, 0.717) is 12.2 Å². The van der Waals surface area contributed by atoms with Crippen LogP contribution in [-0.2, 0) is 16.0 Å². The third kappa shape index (κ3) is 5.46. The van der Waals surface area contributed by atoms with E-state index in [9.17, 15) is 4.79 Å². The van der Waals surface area contributed by atoms with Crippen LogP contribution in [-0.4, -0.2) is 18.5 Å². The van der Waals surface area contributed by atoms with Gasteiger partial charge in [-0.3, -0.25) is 4.79 Å². The van der Waals surface area contributed by atoms with Crippen LogP contribution in [0, 0.1) is 0 Å². The van der Waals surface area contributed by atoms with Gasteiger partial charge in [-0.25, -0.2) is 0 Å². The molecule has 2 heteroatoms. The highest BCUT2D eigenvalue weighted by atomic mass is 16.6. The normalized spacial score (nSPS) is 17.7. The van der Waals surface area contributed by atoms with Gasteiger partial charge in [-0.2, -0.15) is 0 Å². The minimum atomic E-state index is 0.260. The summed E-state index contributed by atoms with van der Waals surface area (Å²) in [5.41, 5.74) is 1.42. The van der Waals surface area contributed by atoms with Crippen molar-refractivity contribution in [2.75, 3.05) is 6.61 Å². The van der Waals surface area contributed by atoms with Crippen molar-refractivity contribution in [1.29, 1.82) is 0 Å². The summed E-state index contributed by atoms with van der Waals surface area (Å²) in [6.07, 6.45) is 7.46. The second kappa shape index (κ2) is 7.32. The molecule has 2 nitrogen and oxygen atoms in total. The Kier molecular flexibility index (Phi) is 5.40. The molecule has 0 amide bonds. The van der Waals surface area contributed by atoms with Crippen LogP contribution in [0.3, 0.4) is 0 Å². The van der Waals surface area contributed by atoms with Crippen molar-refractivity contribution in [1.82, 2.24) is 0 Å². The average molecular weight is 246 g/mol. The van der Waals surface area contributed by atoms with Gasteiger partial charge in [-0.1, -0.05) is 43.2 Å². The summed E-state index contributed by atoms with van der Waals surface area (Å²) in [4.78, 5) is 11.5. The molecule has 1 aromatic rings. The molecule has 1 heterocycles. The Bertz CT molecular complexity index is 355. The van der Waals surface area contributed by atoms with E-state index in [0.717, 1.165) is 25.9 Å². The fourth-order valence-corrected chi connectivity index (χ4v) is 2.19. The molecule has 1 saturated heterocycles. The molecule has 98 valence electrons. The highest BCUT2D eigenvalue weighted by Gasteiger charge is 2.24. The van der Waals surface area contributed by atoms with Gasteiger partial charge in [-0.05, 0) is 24.8 Å². The number of carbonyl (C=O) groups is 1. The highest BCUT2D eigenvalue weighted by Crippen LogP contribution is 2.16. The number of ether oxygens (including phenoxy) is 1. The Hall–Kier alpha value is -1.15. The summed E-state index contributed by atoms with van der Waals surface area (Å²) in [5, 5.41) is 0. The molecular weight excluding hydrogens is 224 g/mol. The van der Waals surface area contributed by atoms with Crippen LogP contribution >= 0.6 is 0 Å². The number of hydrogen-bond acceptors (Lipinski definition) is 2. The number of ketones is 1. The van der Waals surface area contributed by atoms with Crippen LogP contribution in [0.25, 0.3) is 0 Å². The van der Waals surface area contributed by atoms with Crippen molar-refractivity contribution >= 4 is 5.78 Å². The molecule has 0 saturated carbocycles. The molecule has 1 aliphatic rings. The molecule has 0 radical (unpaired) electrons. The number of Topliss-reactive ketones (excluding diaryl/α,β-unsaturated/α-hetero) is 1. The standard InChI is InChI=1S/C16H22O2/c17-15(12-16-13-18-16)11-7-2-1-4-8-14-9-5-3-6-10-14/h3,5-6,9-10,16H,1-2,4,7-8,11-13H2. The van der Waals surface area contributed by atoms with Crippen molar-refractivity contribution in [2.45, 2.75) is 51.0 Å². The summed E-state index contributed by atoms with van der Waals surface area (Å²) in [6.45, 7) is 0.794. The van der Waals surface area contributed by atoms with Gasteiger partial charge in [-0.15, -0.1) is 0 Å². The van der Waals surface area contributed by atoms with Gasteiger partial charge in [0, 0.05) is 12.8 Å². The zero-order valence-electron chi connectivity index (χ0n) is 10.9. The first-order valence-corrected chi connectivity index (χ1v) is 7.02. The summed E-state index contributed by atoms with van der Waals surface area (Å²) < 4.78 is 5.05. The van der Waals surface area contributed by atoms with E-state index >= 15 is 0 Å². The predicted molar refractivity (Wildman–Crippen MR) is 72.6 cm³/mol. The van der Waals surface area contributed by atoms with Crippen molar-refractivity contribution in [3.63, 3.8) is 0 Å². The minimum Gasteiger partial charge on any atom is -0.373 e. The van der Waals surface area contributed by atoms with Gasteiger partial charge >= 0.3 is 0 Å². The molecular formula is C16H22O2.